The summed E-state index contributed by atoms with van der Waals surface area (Å²) in [5.74, 6) is -0.933. The van der Waals surface area contributed by atoms with Crippen molar-refractivity contribution in [1.82, 2.24) is 10.2 Å². The zero-order valence-electron chi connectivity index (χ0n) is 22.5. The van der Waals surface area contributed by atoms with Gasteiger partial charge in [0.2, 0.25) is 11.8 Å². The maximum Gasteiger partial charge on any atom is 0.264 e. The number of amides is 2. The van der Waals surface area contributed by atoms with Crippen LogP contribution in [0.15, 0.2) is 71.6 Å². The van der Waals surface area contributed by atoms with Gasteiger partial charge < -0.3 is 10.2 Å². The van der Waals surface area contributed by atoms with Gasteiger partial charge in [-0.3, -0.25) is 13.9 Å². The van der Waals surface area contributed by atoms with E-state index in [0.717, 1.165) is 9.87 Å². The molecule has 0 aliphatic heterocycles. The van der Waals surface area contributed by atoms with Gasteiger partial charge in [-0.15, -0.1) is 0 Å². The molecule has 0 saturated heterocycles. The first-order chi connectivity index (χ1) is 19.0. The van der Waals surface area contributed by atoms with Gasteiger partial charge in [-0.25, -0.2) is 8.42 Å². The van der Waals surface area contributed by atoms with Crippen molar-refractivity contribution < 1.29 is 18.0 Å². The van der Waals surface area contributed by atoms with Crippen molar-refractivity contribution in [2.45, 2.75) is 51.1 Å². The van der Waals surface area contributed by atoms with Crippen LogP contribution < -0.4 is 9.62 Å². The molecule has 0 aromatic heterocycles. The average Bonchev–Trinajstić information content (AvgIpc) is 2.92. The Morgan fingerprint density at radius 1 is 0.925 bits per heavy atom. The van der Waals surface area contributed by atoms with Crippen LogP contribution in [0, 0.1) is 6.92 Å². The fraction of sp³-hybridized carbons (Fsp3) is 0.310. The molecule has 0 radical (unpaired) electrons. The summed E-state index contributed by atoms with van der Waals surface area (Å²) in [5.41, 5.74) is 1.58. The van der Waals surface area contributed by atoms with E-state index >= 15 is 0 Å². The van der Waals surface area contributed by atoms with Crippen LogP contribution in [0.1, 0.15) is 37.8 Å². The summed E-state index contributed by atoms with van der Waals surface area (Å²) >= 11 is 18.9. The van der Waals surface area contributed by atoms with Gasteiger partial charge in [-0.2, -0.15) is 0 Å². The lowest BCUT2D eigenvalue weighted by atomic mass is 10.1. The van der Waals surface area contributed by atoms with Crippen molar-refractivity contribution >= 4 is 62.3 Å². The monoisotopic (exact) mass is 623 g/mol. The molecule has 0 spiro atoms. The zero-order chi connectivity index (χ0) is 29.4. The third kappa shape index (κ3) is 7.69. The van der Waals surface area contributed by atoms with E-state index in [9.17, 15) is 18.0 Å². The van der Waals surface area contributed by atoms with Gasteiger partial charge in [-0.05, 0) is 73.9 Å². The molecule has 2 amide bonds. The number of anilines is 1. The molecule has 3 aromatic carbocycles. The van der Waals surface area contributed by atoms with Crippen LogP contribution in [0.3, 0.4) is 0 Å². The van der Waals surface area contributed by atoms with Crippen molar-refractivity contribution in [2.75, 3.05) is 17.4 Å². The summed E-state index contributed by atoms with van der Waals surface area (Å²) in [7, 11) is -4.20. The predicted molar refractivity (Wildman–Crippen MR) is 162 cm³/mol. The van der Waals surface area contributed by atoms with Crippen LogP contribution in [0.25, 0.3) is 0 Å². The molecule has 7 nitrogen and oxygen atoms in total. The Hall–Kier alpha value is -2.78. The molecule has 1 atom stereocenters. The highest BCUT2D eigenvalue weighted by atomic mass is 35.5. The molecule has 1 N–H and O–H groups in total. The minimum atomic E-state index is -4.20. The second-order valence-corrected chi connectivity index (χ2v) is 12.4. The molecule has 0 saturated carbocycles. The Bertz CT molecular complexity index is 1430. The van der Waals surface area contributed by atoms with Gasteiger partial charge in [0.25, 0.3) is 10.0 Å². The largest absolute Gasteiger partial charge is 0.354 e. The molecule has 40 heavy (non-hydrogen) atoms. The number of halogens is 3. The van der Waals surface area contributed by atoms with Gasteiger partial charge in [-0.1, -0.05) is 66.8 Å². The van der Waals surface area contributed by atoms with E-state index in [4.69, 9.17) is 34.8 Å². The van der Waals surface area contributed by atoms with Crippen LogP contribution >= 0.6 is 34.8 Å². The molecule has 11 heteroatoms. The second-order valence-electron chi connectivity index (χ2n) is 9.24. The molecule has 0 unspecified atom stereocenters. The highest BCUT2D eigenvalue weighted by molar-refractivity contribution is 7.92. The summed E-state index contributed by atoms with van der Waals surface area (Å²) in [6.07, 6.45) is 1.00. The number of rotatable bonds is 12. The maximum absolute atomic E-state index is 14.1. The van der Waals surface area contributed by atoms with Crippen molar-refractivity contribution in [3.05, 3.63) is 92.9 Å². The molecular formula is C29H32Cl3N3O4S. The lowest BCUT2D eigenvalue weighted by Gasteiger charge is -2.33. The number of sulfonamides is 1. The highest BCUT2D eigenvalue weighted by Crippen LogP contribution is 2.29. The quantitative estimate of drug-likeness (QED) is 0.250. The molecule has 0 aliphatic rings. The summed E-state index contributed by atoms with van der Waals surface area (Å²) in [4.78, 5) is 28.6. The predicted octanol–water partition coefficient (Wildman–Crippen LogP) is 6.48. The minimum Gasteiger partial charge on any atom is -0.354 e. The SMILES string of the molecule is CCCNC(=O)[C@H](CC)N(Cc1c(Cl)cccc1Cl)C(=O)CN(c1cccc(C)c1)S(=O)(=O)c1ccc(Cl)cc1. The number of aryl methyl sites for hydroxylation is 1. The van der Waals surface area contributed by atoms with E-state index in [1.54, 1.807) is 43.3 Å². The number of hydrogen-bond acceptors (Lipinski definition) is 4. The van der Waals surface area contributed by atoms with E-state index in [1.165, 1.54) is 29.2 Å². The number of carbonyl (C=O) groups excluding carboxylic acids is 2. The van der Waals surface area contributed by atoms with E-state index in [1.807, 2.05) is 19.9 Å². The van der Waals surface area contributed by atoms with Gasteiger partial charge in [0, 0.05) is 33.7 Å². The molecule has 3 rings (SSSR count). The standard InChI is InChI=1S/C29H32Cl3N3O4S/c1-4-16-33-29(37)27(5-2)34(18-24-25(31)10-7-11-26(24)32)28(36)19-35(22-9-6-8-20(3)17-22)40(38,39)23-14-12-21(30)13-15-23/h6-15,17,27H,4-5,16,18-19H2,1-3H3,(H,33,37)/t27-/m0/s1. The summed E-state index contributed by atoms with van der Waals surface area (Å²) in [5, 5.41) is 3.89. The van der Waals surface area contributed by atoms with E-state index < -0.39 is 28.5 Å². The second kappa shape index (κ2) is 14.2. The molecule has 0 aliphatic carbocycles. The zero-order valence-corrected chi connectivity index (χ0v) is 25.6. The summed E-state index contributed by atoms with van der Waals surface area (Å²) in [6, 6.07) is 16.7. The van der Waals surface area contributed by atoms with Crippen LogP contribution in [0.4, 0.5) is 5.69 Å². The van der Waals surface area contributed by atoms with Gasteiger partial charge in [0.05, 0.1) is 10.6 Å². The van der Waals surface area contributed by atoms with Crippen molar-refractivity contribution in [3.63, 3.8) is 0 Å². The van der Waals surface area contributed by atoms with E-state index in [-0.39, 0.29) is 23.8 Å². The Morgan fingerprint density at radius 2 is 1.55 bits per heavy atom. The van der Waals surface area contributed by atoms with Crippen LogP contribution in [-0.2, 0) is 26.2 Å². The highest BCUT2D eigenvalue weighted by Gasteiger charge is 2.34. The molecule has 0 heterocycles. The number of nitrogens with zero attached hydrogens (tertiary/aromatic N) is 2. The fourth-order valence-corrected chi connectivity index (χ4v) is 6.23. The van der Waals surface area contributed by atoms with Crippen LogP contribution in [0.5, 0.6) is 0 Å². The molecule has 3 aromatic rings. The lowest BCUT2D eigenvalue weighted by Crippen LogP contribution is -2.52. The van der Waals surface area contributed by atoms with Crippen molar-refractivity contribution in [3.8, 4) is 0 Å². The summed E-state index contributed by atoms with van der Waals surface area (Å²) < 4.78 is 28.8. The van der Waals surface area contributed by atoms with E-state index in [2.05, 4.69) is 5.32 Å². The van der Waals surface area contributed by atoms with Gasteiger partial charge >= 0.3 is 0 Å². The Labute approximate surface area is 251 Å². The van der Waals surface area contributed by atoms with E-state index in [0.29, 0.717) is 39.3 Å². The third-order valence-corrected chi connectivity index (χ3v) is 9.04. The normalized spacial score (nSPS) is 12.1. The topological polar surface area (TPSA) is 86.8 Å². The Morgan fingerprint density at radius 3 is 2.12 bits per heavy atom. The Kier molecular flexibility index (Phi) is 11.3. The smallest absolute Gasteiger partial charge is 0.264 e. The average molecular weight is 625 g/mol. The number of carbonyl (C=O) groups is 2. The van der Waals surface area contributed by atoms with Gasteiger partial charge in [0.15, 0.2) is 0 Å². The first-order valence-electron chi connectivity index (χ1n) is 12.8. The number of benzene rings is 3. The Balaban J connectivity index is 2.09. The first-order valence-corrected chi connectivity index (χ1v) is 15.4. The molecule has 214 valence electrons. The lowest BCUT2D eigenvalue weighted by molar-refractivity contribution is -0.140. The first kappa shape index (κ1) is 31.7. The van der Waals surface area contributed by atoms with Crippen molar-refractivity contribution in [2.24, 2.45) is 0 Å². The number of hydrogen-bond donors (Lipinski definition) is 1. The molecule has 0 fully saturated rings. The van der Waals surface area contributed by atoms with Crippen LogP contribution in [0.2, 0.25) is 15.1 Å². The molecular weight excluding hydrogens is 593 g/mol. The van der Waals surface area contributed by atoms with Crippen LogP contribution in [-0.4, -0.2) is 44.3 Å². The van der Waals surface area contributed by atoms with Crippen molar-refractivity contribution in [1.29, 1.82) is 0 Å². The minimum absolute atomic E-state index is 0.0281. The van der Waals surface area contributed by atoms with Gasteiger partial charge in [0.1, 0.15) is 12.6 Å². The number of nitrogens with one attached hydrogen (secondary N) is 1. The molecule has 0 bridgehead atoms. The third-order valence-electron chi connectivity index (χ3n) is 6.30. The summed E-state index contributed by atoms with van der Waals surface area (Å²) in [6.45, 7) is 5.33. The fourth-order valence-electron chi connectivity index (χ4n) is 4.18. The maximum atomic E-state index is 14.1.